The average molecular weight is 323 g/mol. The van der Waals surface area contributed by atoms with Crippen molar-refractivity contribution >= 4 is 22.8 Å². The molecule has 118 valence electrons. The van der Waals surface area contributed by atoms with Crippen LogP contribution in [0.5, 0.6) is 0 Å². The fourth-order valence-corrected chi connectivity index (χ4v) is 4.57. The van der Waals surface area contributed by atoms with Crippen LogP contribution in [0.2, 0.25) is 0 Å². The second-order valence-corrected chi connectivity index (χ2v) is 7.60. The standard InChI is InChI=1S/C19H21N3S/c1-13-12-16-18(20-13)21-17(14-8-4-2-5-9-14)22-19(16)23-15-10-6-3-7-11-15/h2,4-5,8-9,12,15H,3,6-7,10-11H2,1H3,(H,20,21,22). The predicted molar refractivity (Wildman–Crippen MR) is 96.8 cm³/mol. The Morgan fingerprint density at radius 1 is 1.04 bits per heavy atom. The van der Waals surface area contributed by atoms with E-state index in [9.17, 15) is 0 Å². The Morgan fingerprint density at radius 3 is 2.61 bits per heavy atom. The number of benzene rings is 1. The van der Waals surface area contributed by atoms with Crippen molar-refractivity contribution in [2.45, 2.75) is 49.3 Å². The number of nitrogens with zero attached hydrogens (tertiary/aromatic N) is 2. The lowest BCUT2D eigenvalue weighted by Gasteiger charge is -2.20. The molecule has 1 aliphatic rings. The Hall–Kier alpha value is -1.81. The number of aromatic amines is 1. The van der Waals surface area contributed by atoms with Gasteiger partial charge in [-0.15, -0.1) is 11.8 Å². The molecule has 4 rings (SSSR count). The van der Waals surface area contributed by atoms with E-state index < -0.39 is 0 Å². The quantitative estimate of drug-likeness (QED) is 0.660. The SMILES string of the molecule is Cc1cc2c(SC3CCCCC3)nc(-c3ccccc3)nc2[nH]1. The molecule has 0 saturated heterocycles. The molecule has 0 spiro atoms. The first-order valence-electron chi connectivity index (χ1n) is 8.39. The zero-order valence-electron chi connectivity index (χ0n) is 13.4. The van der Waals surface area contributed by atoms with E-state index in [0.29, 0.717) is 5.25 Å². The Labute approximate surface area is 140 Å². The number of thioether (sulfide) groups is 1. The van der Waals surface area contributed by atoms with Gasteiger partial charge in [-0.25, -0.2) is 9.97 Å². The van der Waals surface area contributed by atoms with Crippen LogP contribution in [0.15, 0.2) is 41.4 Å². The van der Waals surface area contributed by atoms with Crippen molar-refractivity contribution in [2.24, 2.45) is 0 Å². The van der Waals surface area contributed by atoms with Crippen molar-refractivity contribution in [2.75, 3.05) is 0 Å². The third-order valence-electron chi connectivity index (χ3n) is 4.45. The number of rotatable bonds is 3. The van der Waals surface area contributed by atoms with E-state index in [0.717, 1.165) is 33.1 Å². The lowest BCUT2D eigenvalue weighted by molar-refractivity contribution is 0.516. The Morgan fingerprint density at radius 2 is 1.83 bits per heavy atom. The first-order valence-corrected chi connectivity index (χ1v) is 9.27. The summed E-state index contributed by atoms with van der Waals surface area (Å²) in [6.07, 6.45) is 6.70. The molecule has 1 aliphatic carbocycles. The predicted octanol–water partition coefficient (Wildman–Crippen LogP) is 5.36. The molecule has 0 aliphatic heterocycles. The molecule has 1 aromatic carbocycles. The first kappa shape index (κ1) is 14.8. The highest BCUT2D eigenvalue weighted by molar-refractivity contribution is 8.00. The summed E-state index contributed by atoms with van der Waals surface area (Å²) in [6.45, 7) is 2.08. The number of hydrogen-bond donors (Lipinski definition) is 1. The second kappa shape index (κ2) is 6.36. The van der Waals surface area contributed by atoms with E-state index in [2.05, 4.69) is 30.1 Å². The normalized spacial score (nSPS) is 16.0. The highest BCUT2D eigenvalue weighted by Crippen LogP contribution is 2.36. The maximum absolute atomic E-state index is 4.91. The van der Waals surface area contributed by atoms with Gasteiger partial charge in [-0.2, -0.15) is 0 Å². The minimum Gasteiger partial charge on any atom is -0.343 e. The van der Waals surface area contributed by atoms with Gasteiger partial charge in [0.2, 0.25) is 0 Å². The van der Waals surface area contributed by atoms with Crippen LogP contribution in [0.1, 0.15) is 37.8 Å². The fourth-order valence-electron chi connectivity index (χ4n) is 3.26. The lowest BCUT2D eigenvalue weighted by atomic mass is 10.0. The van der Waals surface area contributed by atoms with Gasteiger partial charge in [0.15, 0.2) is 5.82 Å². The van der Waals surface area contributed by atoms with E-state index in [1.807, 2.05) is 30.0 Å². The molecule has 3 nitrogen and oxygen atoms in total. The molecule has 0 unspecified atom stereocenters. The summed E-state index contributed by atoms with van der Waals surface area (Å²) in [5.41, 5.74) is 3.17. The fraction of sp³-hybridized carbons (Fsp3) is 0.368. The molecule has 4 heteroatoms. The summed E-state index contributed by atoms with van der Waals surface area (Å²) in [5, 5.41) is 2.99. The number of aryl methyl sites for hydroxylation is 1. The molecule has 0 bridgehead atoms. The van der Waals surface area contributed by atoms with Gasteiger partial charge in [-0.1, -0.05) is 49.6 Å². The van der Waals surface area contributed by atoms with Gasteiger partial charge >= 0.3 is 0 Å². The summed E-state index contributed by atoms with van der Waals surface area (Å²) >= 11 is 1.95. The van der Waals surface area contributed by atoms with Crippen LogP contribution in [-0.2, 0) is 0 Å². The summed E-state index contributed by atoms with van der Waals surface area (Å²) < 4.78 is 0. The van der Waals surface area contributed by atoms with Gasteiger partial charge in [0.05, 0.1) is 5.39 Å². The maximum atomic E-state index is 4.91. The van der Waals surface area contributed by atoms with Gasteiger partial charge in [-0.3, -0.25) is 0 Å². The van der Waals surface area contributed by atoms with Crippen molar-refractivity contribution in [3.05, 3.63) is 42.1 Å². The number of aromatic nitrogens is 3. The minimum atomic E-state index is 0.695. The van der Waals surface area contributed by atoms with Crippen LogP contribution in [0, 0.1) is 6.92 Å². The molecule has 1 fully saturated rings. The maximum Gasteiger partial charge on any atom is 0.162 e. The highest BCUT2D eigenvalue weighted by atomic mass is 32.2. The van der Waals surface area contributed by atoms with E-state index >= 15 is 0 Å². The van der Waals surface area contributed by atoms with Gasteiger partial charge in [0.25, 0.3) is 0 Å². The molecule has 1 saturated carbocycles. The van der Waals surface area contributed by atoms with Crippen LogP contribution in [0.4, 0.5) is 0 Å². The van der Waals surface area contributed by atoms with Crippen molar-refractivity contribution in [3.63, 3.8) is 0 Å². The molecule has 3 aromatic rings. The minimum absolute atomic E-state index is 0.695. The molecule has 0 radical (unpaired) electrons. The van der Waals surface area contributed by atoms with Gasteiger partial charge < -0.3 is 4.98 Å². The van der Waals surface area contributed by atoms with Crippen molar-refractivity contribution < 1.29 is 0 Å². The van der Waals surface area contributed by atoms with Crippen LogP contribution in [-0.4, -0.2) is 20.2 Å². The van der Waals surface area contributed by atoms with Crippen molar-refractivity contribution in [1.29, 1.82) is 0 Å². The number of fused-ring (bicyclic) bond motifs is 1. The Balaban J connectivity index is 1.77. The summed E-state index contributed by atoms with van der Waals surface area (Å²) in [5.74, 6) is 0.818. The van der Waals surface area contributed by atoms with E-state index in [1.165, 1.54) is 32.1 Å². The topological polar surface area (TPSA) is 41.6 Å². The zero-order valence-corrected chi connectivity index (χ0v) is 14.2. The average Bonchev–Trinajstić information content (AvgIpc) is 2.97. The van der Waals surface area contributed by atoms with E-state index in [1.54, 1.807) is 0 Å². The Bertz CT molecular complexity index is 804. The van der Waals surface area contributed by atoms with Crippen molar-refractivity contribution in [1.82, 2.24) is 15.0 Å². The molecular formula is C19H21N3S. The smallest absolute Gasteiger partial charge is 0.162 e. The summed E-state index contributed by atoms with van der Waals surface area (Å²) in [4.78, 5) is 13.0. The third kappa shape index (κ3) is 3.13. The van der Waals surface area contributed by atoms with Gasteiger partial charge in [0, 0.05) is 16.5 Å². The highest BCUT2D eigenvalue weighted by Gasteiger charge is 2.19. The van der Waals surface area contributed by atoms with Crippen LogP contribution in [0.3, 0.4) is 0 Å². The summed E-state index contributed by atoms with van der Waals surface area (Å²) in [7, 11) is 0. The monoisotopic (exact) mass is 323 g/mol. The lowest BCUT2D eigenvalue weighted by Crippen LogP contribution is -2.08. The molecule has 0 amide bonds. The van der Waals surface area contributed by atoms with Crippen molar-refractivity contribution in [3.8, 4) is 11.4 Å². The van der Waals surface area contributed by atoms with Crippen LogP contribution >= 0.6 is 11.8 Å². The largest absolute Gasteiger partial charge is 0.343 e. The molecule has 23 heavy (non-hydrogen) atoms. The van der Waals surface area contributed by atoms with Crippen LogP contribution in [0.25, 0.3) is 22.4 Å². The van der Waals surface area contributed by atoms with Gasteiger partial charge in [-0.05, 0) is 25.8 Å². The second-order valence-electron chi connectivity index (χ2n) is 6.31. The molecular weight excluding hydrogens is 302 g/mol. The number of nitrogens with one attached hydrogen (secondary N) is 1. The van der Waals surface area contributed by atoms with Gasteiger partial charge in [0.1, 0.15) is 10.7 Å². The number of H-pyrrole nitrogens is 1. The van der Waals surface area contributed by atoms with E-state index in [-0.39, 0.29) is 0 Å². The summed E-state index contributed by atoms with van der Waals surface area (Å²) in [6, 6.07) is 12.4. The Kier molecular flexibility index (Phi) is 4.08. The molecule has 2 heterocycles. The van der Waals surface area contributed by atoms with E-state index in [4.69, 9.17) is 9.97 Å². The molecule has 1 N–H and O–H groups in total. The third-order valence-corrected chi connectivity index (χ3v) is 5.79. The van der Waals surface area contributed by atoms with Crippen LogP contribution < -0.4 is 0 Å². The zero-order chi connectivity index (χ0) is 15.6. The molecule has 2 aromatic heterocycles. The molecule has 0 atom stereocenters. The first-order chi connectivity index (χ1) is 11.3. The number of hydrogen-bond acceptors (Lipinski definition) is 3.